The Morgan fingerprint density at radius 1 is 1.29 bits per heavy atom. The first kappa shape index (κ1) is 14.6. The van der Waals surface area contributed by atoms with Crippen LogP contribution in [0.15, 0.2) is 46.9 Å². The quantitative estimate of drug-likeness (QED) is 0.543. The molecule has 0 aliphatic heterocycles. The minimum atomic E-state index is -0.317. The van der Waals surface area contributed by atoms with Gasteiger partial charge in [-0.05, 0) is 30.3 Å². The number of fused-ring (bicyclic) bond motifs is 1. The highest BCUT2D eigenvalue weighted by molar-refractivity contribution is 9.10. The van der Waals surface area contributed by atoms with Crippen molar-refractivity contribution in [1.29, 1.82) is 0 Å². The van der Waals surface area contributed by atoms with Gasteiger partial charge in [0.25, 0.3) is 0 Å². The van der Waals surface area contributed by atoms with Gasteiger partial charge in [0, 0.05) is 16.5 Å². The molecule has 1 unspecified atom stereocenters. The summed E-state index contributed by atoms with van der Waals surface area (Å²) in [5.41, 5.74) is 4.18. The van der Waals surface area contributed by atoms with Gasteiger partial charge in [0.15, 0.2) is 0 Å². The van der Waals surface area contributed by atoms with E-state index in [9.17, 15) is 4.39 Å². The normalized spacial score (nSPS) is 12.7. The molecule has 0 saturated heterocycles. The number of aromatic nitrogens is 1. The largest absolute Gasteiger partial charge is 0.271 e. The van der Waals surface area contributed by atoms with Crippen LogP contribution < -0.4 is 11.3 Å². The molecule has 2 aromatic carbocycles. The number of para-hydroxylation sites is 1. The van der Waals surface area contributed by atoms with Crippen molar-refractivity contribution in [3.05, 3.63) is 63.3 Å². The number of thiazole rings is 1. The molecule has 3 rings (SSSR count). The Morgan fingerprint density at radius 3 is 2.86 bits per heavy atom. The van der Waals surface area contributed by atoms with Crippen LogP contribution in [0.4, 0.5) is 4.39 Å². The van der Waals surface area contributed by atoms with Crippen LogP contribution in [-0.2, 0) is 6.42 Å². The highest BCUT2D eigenvalue weighted by Crippen LogP contribution is 2.28. The van der Waals surface area contributed by atoms with Crippen LogP contribution in [-0.4, -0.2) is 4.98 Å². The number of hydrogen-bond acceptors (Lipinski definition) is 4. The summed E-state index contributed by atoms with van der Waals surface area (Å²) < 4.78 is 15.9. The van der Waals surface area contributed by atoms with Gasteiger partial charge in [0.05, 0.1) is 21.3 Å². The van der Waals surface area contributed by atoms with Crippen molar-refractivity contribution in [3.63, 3.8) is 0 Å². The van der Waals surface area contributed by atoms with Crippen LogP contribution in [0.5, 0.6) is 0 Å². The smallest absolute Gasteiger partial charge is 0.128 e. The molecule has 1 atom stereocenters. The van der Waals surface area contributed by atoms with E-state index in [1.807, 2.05) is 24.3 Å². The molecular formula is C15H13BrFN3S. The van der Waals surface area contributed by atoms with Crippen LogP contribution in [0, 0.1) is 5.82 Å². The number of benzene rings is 2. The molecule has 108 valence electrons. The standard InChI is InChI=1S/C15H13BrFN3S/c16-9-5-6-11(17)10(7-9)13(20-18)8-15-19-12-3-1-2-4-14(12)21-15/h1-7,13,20H,8,18H2. The predicted molar refractivity (Wildman–Crippen MR) is 87.5 cm³/mol. The average molecular weight is 366 g/mol. The molecule has 1 heterocycles. The average Bonchev–Trinajstić information content (AvgIpc) is 2.90. The van der Waals surface area contributed by atoms with Gasteiger partial charge in [-0.25, -0.2) is 9.37 Å². The Kier molecular flexibility index (Phi) is 4.30. The lowest BCUT2D eigenvalue weighted by Gasteiger charge is -2.16. The summed E-state index contributed by atoms with van der Waals surface area (Å²) in [7, 11) is 0. The molecule has 0 spiro atoms. The lowest BCUT2D eigenvalue weighted by Crippen LogP contribution is -2.30. The van der Waals surface area contributed by atoms with Crippen molar-refractivity contribution in [2.45, 2.75) is 12.5 Å². The van der Waals surface area contributed by atoms with Crippen molar-refractivity contribution in [1.82, 2.24) is 10.4 Å². The molecule has 0 bridgehead atoms. The van der Waals surface area contributed by atoms with Crippen molar-refractivity contribution in [2.24, 2.45) is 5.84 Å². The summed E-state index contributed by atoms with van der Waals surface area (Å²) >= 11 is 4.96. The number of hydrogen-bond donors (Lipinski definition) is 2. The maximum Gasteiger partial charge on any atom is 0.128 e. The van der Waals surface area contributed by atoms with Gasteiger partial charge in [0.1, 0.15) is 5.82 Å². The number of halogens is 2. The van der Waals surface area contributed by atoms with E-state index in [2.05, 4.69) is 26.3 Å². The second kappa shape index (κ2) is 6.19. The highest BCUT2D eigenvalue weighted by Gasteiger charge is 2.17. The Hall–Kier alpha value is -1.34. The number of nitrogens with zero attached hydrogens (tertiary/aromatic N) is 1. The SMILES string of the molecule is NNC(Cc1nc2ccccc2s1)c1cc(Br)ccc1F. The molecule has 1 aromatic heterocycles. The summed E-state index contributed by atoms with van der Waals surface area (Å²) in [5, 5.41) is 0.929. The van der Waals surface area contributed by atoms with E-state index in [0.717, 1.165) is 19.7 Å². The first-order valence-electron chi connectivity index (χ1n) is 6.43. The number of nitrogens with one attached hydrogen (secondary N) is 1. The second-order valence-corrected chi connectivity index (χ2v) is 6.70. The molecular weight excluding hydrogens is 353 g/mol. The fraction of sp³-hybridized carbons (Fsp3) is 0.133. The topological polar surface area (TPSA) is 50.9 Å². The maximum absolute atomic E-state index is 14.0. The van der Waals surface area contributed by atoms with Crippen LogP contribution in [0.25, 0.3) is 10.2 Å². The Labute approximate surface area is 134 Å². The van der Waals surface area contributed by atoms with E-state index in [0.29, 0.717) is 12.0 Å². The zero-order valence-corrected chi connectivity index (χ0v) is 13.4. The van der Waals surface area contributed by atoms with E-state index in [1.54, 1.807) is 23.5 Å². The third-order valence-electron chi connectivity index (χ3n) is 3.25. The first-order valence-corrected chi connectivity index (χ1v) is 8.04. The molecule has 21 heavy (non-hydrogen) atoms. The highest BCUT2D eigenvalue weighted by atomic mass is 79.9. The minimum Gasteiger partial charge on any atom is -0.271 e. The van der Waals surface area contributed by atoms with Crippen LogP contribution in [0.3, 0.4) is 0 Å². The maximum atomic E-state index is 14.0. The number of rotatable bonds is 4. The first-order chi connectivity index (χ1) is 10.2. The molecule has 0 amide bonds. The number of nitrogens with two attached hydrogens (primary N) is 1. The van der Waals surface area contributed by atoms with E-state index in [4.69, 9.17) is 5.84 Å². The van der Waals surface area contributed by atoms with Crippen LogP contribution in [0.1, 0.15) is 16.6 Å². The molecule has 0 radical (unpaired) electrons. The van der Waals surface area contributed by atoms with E-state index in [-0.39, 0.29) is 11.9 Å². The van der Waals surface area contributed by atoms with Gasteiger partial charge in [-0.15, -0.1) is 11.3 Å². The summed E-state index contributed by atoms with van der Waals surface area (Å²) in [6.45, 7) is 0. The van der Waals surface area contributed by atoms with Gasteiger partial charge in [-0.1, -0.05) is 28.1 Å². The van der Waals surface area contributed by atoms with Gasteiger partial charge in [-0.2, -0.15) is 0 Å². The summed E-state index contributed by atoms with van der Waals surface area (Å²) in [5.74, 6) is 5.34. The van der Waals surface area contributed by atoms with Crippen molar-refractivity contribution >= 4 is 37.5 Å². The van der Waals surface area contributed by atoms with Crippen molar-refractivity contribution in [2.75, 3.05) is 0 Å². The predicted octanol–water partition coefficient (Wildman–Crippen LogP) is 3.95. The molecule has 0 saturated carbocycles. The molecule has 0 fully saturated rings. The van der Waals surface area contributed by atoms with Crippen molar-refractivity contribution < 1.29 is 4.39 Å². The summed E-state index contributed by atoms with van der Waals surface area (Å²) in [4.78, 5) is 4.57. The monoisotopic (exact) mass is 365 g/mol. The summed E-state index contributed by atoms with van der Waals surface area (Å²) in [6.07, 6.45) is 0.545. The van der Waals surface area contributed by atoms with Gasteiger partial charge in [0.2, 0.25) is 0 Å². The van der Waals surface area contributed by atoms with Gasteiger partial charge < -0.3 is 0 Å². The van der Waals surface area contributed by atoms with Crippen LogP contribution in [0.2, 0.25) is 0 Å². The number of hydrazine groups is 1. The molecule has 6 heteroatoms. The van der Waals surface area contributed by atoms with E-state index < -0.39 is 0 Å². The van der Waals surface area contributed by atoms with E-state index in [1.165, 1.54) is 6.07 Å². The lowest BCUT2D eigenvalue weighted by atomic mass is 10.0. The molecule has 0 aliphatic carbocycles. The summed E-state index contributed by atoms with van der Waals surface area (Å²) in [6, 6.07) is 12.5. The molecule has 3 nitrogen and oxygen atoms in total. The minimum absolute atomic E-state index is 0.276. The zero-order valence-electron chi connectivity index (χ0n) is 11.0. The second-order valence-electron chi connectivity index (χ2n) is 4.66. The van der Waals surface area contributed by atoms with Crippen molar-refractivity contribution in [3.8, 4) is 0 Å². The fourth-order valence-electron chi connectivity index (χ4n) is 2.22. The lowest BCUT2D eigenvalue weighted by molar-refractivity contribution is 0.510. The van der Waals surface area contributed by atoms with E-state index >= 15 is 0 Å². The van der Waals surface area contributed by atoms with Crippen LogP contribution >= 0.6 is 27.3 Å². The fourth-order valence-corrected chi connectivity index (χ4v) is 3.61. The Balaban J connectivity index is 1.91. The Morgan fingerprint density at radius 2 is 2.10 bits per heavy atom. The molecule has 3 N–H and O–H groups in total. The third-order valence-corrected chi connectivity index (χ3v) is 4.80. The third kappa shape index (κ3) is 3.13. The zero-order chi connectivity index (χ0) is 14.8. The van der Waals surface area contributed by atoms with Gasteiger partial charge >= 0.3 is 0 Å². The molecule has 0 aliphatic rings. The molecule has 3 aromatic rings. The Bertz CT molecular complexity index is 741. The van der Waals surface area contributed by atoms with Gasteiger partial charge in [-0.3, -0.25) is 11.3 Å².